The van der Waals surface area contributed by atoms with Crippen LogP contribution in [0.5, 0.6) is 0 Å². The highest BCUT2D eigenvalue weighted by atomic mass is 16.4. The van der Waals surface area contributed by atoms with Gasteiger partial charge >= 0.3 is 12.0 Å². The summed E-state index contributed by atoms with van der Waals surface area (Å²) in [6, 6.07) is -0.358. The van der Waals surface area contributed by atoms with Crippen molar-refractivity contribution in [2.75, 3.05) is 26.2 Å². The Morgan fingerprint density at radius 2 is 1.84 bits per heavy atom. The lowest BCUT2D eigenvalue weighted by molar-refractivity contribution is -0.148. The molecule has 0 unspecified atom stereocenters. The normalized spacial score (nSPS) is 21.7. The predicted octanol–water partition coefficient (Wildman–Crippen LogP) is 0.779. The Labute approximate surface area is 113 Å². The zero-order valence-corrected chi connectivity index (χ0v) is 11.3. The largest absolute Gasteiger partial charge is 0.480 e. The van der Waals surface area contributed by atoms with E-state index >= 15 is 0 Å². The maximum atomic E-state index is 11.7. The van der Waals surface area contributed by atoms with Gasteiger partial charge in [-0.05, 0) is 58.2 Å². The summed E-state index contributed by atoms with van der Waals surface area (Å²) in [4.78, 5) is 25.1. The lowest BCUT2D eigenvalue weighted by atomic mass is 9.77. The number of hydrogen-bond acceptors (Lipinski definition) is 3. The Bertz CT molecular complexity index is 336. The van der Waals surface area contributed by atoms with Crippen LogP contribution in [0.3, 0.4) is 0 Å². The molecule has 1 heterocycles. The number of carboxylic acid groups (broad SMARTS) is 1. The summed E-state index contributed by atoms with van der Waals surface area (Å²) < 4.78 is 0. The molecule has 0 aromatic carbocycles. The van der Waals surface area contributed by atoms with E-state index in [9.17, 15) is 9.59 Å². The molecular formula is C13H23N3O3. The second-order valence-corrected chi connectivity index (χ2v) is 5.52. The summed E-state index contributed by atoms with van der Waals surface area (Å²) in [7, 11) is 0. The Kier molecular flexibility index (Phi) is 4.63. The first-order chi connectivity index (χ1) is 9.12. The highest BCUT2D eigenvalue weighted by Crippen LogP contribution is 2.31. The predicted molar refractivity (Wildman–Crippen MR) is 71.0 cm³/mol. The van der Waals surface area contributed by atoms with Crippen molar-refractivity contribution in [1.82, 2.24) is 15.5 Å². The van der Waals surface area contributed by atoms with Gasteiger partial charge in [0.2, 0.25) is 0 Å². The molecule has 3 N–H and O–H groups in total. The first-order valence-corrected chi connectivity index (χ1v) is 7.14. The van der Waals surface area contributed by atoms with Crippen LogP contribution in [-0.2, 0) is 4.79 Å². The number of nitrogens with zero attached hydrogens (tertiary/aromatic N) is 1. The van der Waals surface area contributed by atoms with Gasteiger partial charge in [-0.25, -0.2) is 9.59 Å². The van der Waals surface area contributed by atoms with Crippen molar-refractivity contribution >= 4 is 12.0 Å². The van der Waals surface area contributed by atoms with Gasteiger partial charge in [0.05, 0.1) is 0 Å². The van der Waals surface area contributed by atoms with Crippen LogP contribution in [0.25, 0.3) is 0 Å². The number of likely N-dealkylation sites (tertiary alicyclic amines) is 1. The van der Waals surface area contributed by atoms with Gasteiger partial charge in [-0.15, -0.1) is 0 Å². The van der Waals surface area contributed by atoms with Crippen LogP contribution < -0.4 is 10.6 Å². The number of hydrogen-bond donors (Lipinski definition) is 3. The monoisotopic (exact) mass is 269 g/mol. The van der Waals surface area contributed by atoms with E-state index in [1.165, 1.54) is 12.8 Å². The van der Waals surface area contributed by atoms with Gasteiger partial charge < -0.3 is 20.6 Å². The number of carbonyl (C=O) groups excluding carboxylic acids is 1. The molecule has 1 saturated carbocycles. The van der Waals surface area contributed by atoms with E-state index in [-0.39, 0.29) is 6.03 Å². The molecule has 1 aliphatic heterocycles. The van der Waals surface area contributed by atoms with Crippen molar-refractivity contribution in [2.45, 2.75) is 44.1 Å². The van der Waals surface area contributed by atoms with E-state index in [2.05, 4.69) is 15.5 Å². The maximum absolute atomic E-state index is 11.7. The molecule has 2 rings (SSSR count). The van der Waals surface area contributed by atoms with Crippen molar-refractivity contribution < 1.29 is 14.7 Å². The molecule has 1 aliphatic carbocycles. The summed E-state index contributed by atoms with van der Waals surface area (Å²) in [6.45, 7) is 3.92. The topological polar surface area (TPSA) is 81.7 Å². The highest BCUT2D eigenvalue weighted by Gasteiger charge is 2.45. The molecule has 0 aromatic heterocycles. The number of carboxylic acids is 1. The third-order valence-electron chi connectivity index (χ3n) is 4.10. The molecule has 0 bridgehead atoms. The Balaban J connectivity index is 1.60. The van der Waals surface area contributed by atoms with Gasteiger partial charge in [-0.3, -0.25) is 0 Å². The van der Waals surface area contributed by atoms with Gasteiger partial charge in [0.25, 0.3) is 0 Å². The first-order valence-electron chi connectivity index (χ1n) is 7.14. The molecule has 2 fully saturated rings. The summed E-state index contributed by atoms with van der Waals surface area (Å²) in [5.74, 6) is -0.925. The molecular weight excluding hydrogens is 246 g/mol. The summed E-state index contributed by atoms with van der Waals surface area (Å²) in [6.07, 6.45) is 5.38. The van der Waals surface area contributed by atoms with Gasteiger partial charge in [-0.2, -0.15) is 0 Å². The minimum absolute atomic E-state index is 0.358. The number of nitrogens with one attached hydrogen (secondary N) is 2. The lowest BCUT2D eigenvalue weighted by Crippen LogP contribution is -2.61. The average Bonchev–Trinajstić information content (AvgIpc) is 2.82. The fourth-order valence-corrected chi connectivity index (χ4v) is 2.69. The van der Waals surface area contributed by atoms with Gasteiger partial charge in [0, 0.05) is 6.54 Å². The molecule has 0 atom stereocenters. The molecule has 0 spiro atoms. The molecule has 0 radical (unpaired) electrons. The molecule has 0 aromatic rings. The fraction of sp³-hybridized carbons (Fsp3) is 0.846. The van der Waals surface area contributed by atoms with Gasteiger partial charge in [-0.1, -0.05) is 0 Å². The third-order valence-corrected chi connectivity index (χ3v) is 4.10. The Morgan fingerprint density at radius 1 is 1.16 bits per heavy atom. The maximum Gasteiger partial charge on any atom is 0.329 e. The van der Waals surface area contributed by atoms with Crippen molar-refractivity contribution in [2.24, 2.45) is 0 Å². The second kappa shape index (κ2) is 6.23. The quantitative estimate of drug-likeness (QED) is 0.622. The first kappa shape index (κ1) is 14.1. The Morgan fingerprint density at radius 3 is 2.37 bits per heavy atom. The third kappa shape index (κ3) is 3.59. The lowest BCUT2D eigenvalue weighted by Gasteiger charge is -2.38. The van der Waals surface area contributed by atoms with E-state index < -0.39 is 11.5 Å². The van der Waals surface area contributed by atoms with Gasteiger partial charge in [0.15, 0.2) is 0 Å². The minimum atomic E-state index is -1.01. The van der Waals surface area contributed by atoms with Crippen molar-refractivity contribution in [1.29, 1.82) is 0 Å². The number of rotatable bonds is 6. The van der Waals surface area contributed by atoms with Crippen LogP contribution in [0, 0.1) is 0 Å². The number of aliphatic carboxylic acids is 1. The summed E-state index contributed by atoms with van der Waals surface area (Å²) in [5, 5.41) is 14.4. The van der Waals surface area contributed by atoms with E-state index in [4.69, 9.17) is 5.11 Å². The molecule has 2 aliphatic rings. The van der Waals surface area contributed by atoms with E-state index in [1.54, 1.807) is 0 Å². The van der Waals surface area contributed by atoms with E-state index in [0.29, 0.717) is 19.4 Å². The van der Waals surface area contributed by atoms with Crippen molar-refractivity contribution in [3.05, 3.63) is 0 Å². The van der Waals surface area contributed by atoms with Crippen LogP contribution in [0.2, 0.25) is 0 Å². The zero-order valence-electron chi connectivity index (χ0n) is 11.3. The van der Waals surface area contributed by atoms with Crippen LogP contribution in [0.15, 0.2) is 0 Å². The van der Waals surface area contributed by atoms with Crippen LogP contribution in [-0.4, -0.2) is 53.7 Å². The van der Waals surface area contributed by atoms with Crippen LogP contribution in [0.1, 0.15) is 38.5 Å². The SMILES string of the molecule is O=C(NCCCN1CCCC1)NC1(C(=O)O)CCC1. The number of urea groups is 1. The molecule has 6 nitrogen and oxygen atoms in total. The standard InChI is InChI=1S/C13H23N3O3/c17-11(18)13(5-3-6-13)15-12(19)14-7-4-10-16-8-1-2-9-16/h1-10H2,(H,17,18)(H2,14,15,19). The summed E-state index contributed by atoms with van der Waals surface area (Å²) in [5.41, 5.74) is -1.01. The molecule has 19 heavy (non-hydrogen) atoms. The molecule has 108 valence electrons. The minimum Gasteiger partial charge on any atom is -0.480 e. The van der Waals surface area contributed by atoms with E-state index in [0.717, 1.165) is 32.5 Å². The average molecular weight is 269 g/mol. The molecule has 2 amide bonds. The second-order valence-electron chi connectivity index (χ2n) is 5.52. The van der Waals surface area contributed by atoms with Crippen molar-refractivity contribution in [3.63, 3.8) is 0 Å². The van der Waals surface area contributed by atoms with Crippen LogP contribution in [0.4, 0.5) is 4.79 Å². The van der Waals surface area contributed by atoms with Crippen LogP contribution >= 0.6 is 0 Å². The van der Waals surface area contributed by atoms with Crippen molar-refractivity contribution in [3.8, 4) is 0 Å². The summed E-state index contributed by atoms with van der Waals surface area (Å²) >= 11 is 0. The van der Waals surface area contributed by atoms with E-state index in [1.807, 2.05) is 0 Å². The number of carbonyl (C=O) groups is 2. The smallest absolute Gasteiger partial charge is 0.329 e. The molecule has 6 heteroatoms. The van der Waals surface area contributed by atoms with Gasteiger partial charge in [0.1, 0.15) is 5.54 Å². The number of amides is 2. The highest BCUT2D eigenvalue weighted by molar-refractivity contribution is 5.87. The molecule has 1 saturated heterocycles. The Hall–Kier alpha value is -1.30. The fourth-order valence-electron chi connectivity index (χ4n) is 2.69. The zero-order chi connectivity index (χ0) is 13.7.